The number of allylic oxidation sites excluding steroid dienone is 1. The minimum Gasteiger partial charge on any atom is -0.299 e. The number of carbonyl (C=O) groups is 1. The van der Waals surface area contributed by atoms with Crippen molar-refractivity contribution in [3.05, 3.63) is 12.7 Å². The lowest BCUT2D eigenvalue weighted by atomic mass is 9.73. The van der Waals surface area contributed by atoms with Crippen molar-refractivity contribution in [2.45, 2.75) is 54.4 Å². The fourth-order valence-electron chi connectivity index (χ4n) is 1.78. The van der Waals surface area contributed by atoms with E-state index in [9.17, 15) is 4.79 Å². The molecule has 1 unspecified atom stereocenters. The summed E-state index contributed by atoms with van der Waals surface area (Å²) in [6.07, 6.45) is 3.30. The van der Waals surface area contributed by atoms with E-state index in [-0.39, 0.29) is 16.7 Å². The highest BCUT2D eigenvalue weighted by Gasteiger charge is 2.31. The van der Waals surface area contributed by atoms with Crippen LogP contribution in [0.1, 0.15) is 54.4 Å². The summed E-state index contributed by atoms with van der Waals surface area (Å²) in [5, 5.41) is 0. The predicted molar refractivity (Wildman–Crippen MR) is 66.8 cm³/mol. The van der Waals surface area contributed by atoms with Gasteiger partial charge in [0.2, 0.25) is 0 Å². The molecule has 0 aromatic carbocycles. The Morgan fingerprint density at radius 2 is 1.67 bits per heavy atom. The van der Waals surface area contributed by atoms with Gasteiger partial charge in [-0.1, -0.05) is 47.6 Å². The summed E-state index contributed by atoms with van der Waals surface area (Å²) >= 11 is 0. The molecule has 0 aromatic heterocycles. The Morgan fingerprint density at radius 1 is 1.20 bits per heavy atom. The largest absolute Gasteiger partial charge is 0.299 e. The van der Waals surface area contributed by atoms with Crippen LogP contribution in [0.15, 0.2) is 12.7 Å². The first kappa shape index (κ1) is 14.4. The van der Waals surface area contributed by atoms with E-state index in [1.807, 2.05) is 6.08 Å². The Bertz CT molecular complexity index is 225. The first-order valence-corrected chi connectivity index (χ1v) is 5.71. The molecule has 0 aliphatic carbocycles. The summed E-state index contributed by atoms with van der Waals surface area (Å²) in [4.78, 5) is 12.1. The van der Waals surface area contributed by atoms with Gasteiger partial charge in [-0.05, 0) is 17.3 Å². The molecule has 0 saturated heterocycles. The van der Waals surface area contributed by atoms with Crippen LogP contribution in [0.2, 0.25) is 0 Å². The van der Waals surface area contributed by atoms with Crippen molar-refractivity contribution < 1.29 is 4.79 Å². The van der Waals surface area contributed by atoms with Gasteiger partial charge >= 0.3 is 0 Å². The summed E-state index contributed by atoms with van der Waals surface area (Å²) in [5.41, 5.74) is 0.123. The smallest absolute Gasteiger partial charge is 0.137 e. The highest BCUT2D eigenvalue weighted by molar-refractivity contribution is 5.82. The third kappa shape index (κ3) is 5.76. The minimum absolute atomic E-state index is 0.0382. The van der Waals surface area contributed by atoms with Gasteiger partial charge in [0.15, 0.2) is 0 Å². The summed E-state index contributed by atoms with van der Waals surface area (Å²) in [7, 11) is 0. The molecule has 1 nitrogen and oxygen atoms in total. The van der Waals surface area contributed by atoms with Crippen LogP contribution in [0.3, 0.4) is 0 Å². The molecule has 15 heavy (non-hydrogen) atoms. The van der Waals surface area contributed by atoms with Gasteiger partial charge in [-0.3, -0.25) is 4.79 Å². The molecule has 0 fully saturated rings. The first-order valence-electron chi connectivity index (χ1n) is 5.71. The third-order valence-electron chi connectivity index (χ3n) is 2.54. The maximum Gasteiger partial charge on any atom is 0.137 e. The SMILES string of the molecule is C=CCC(C(=O)CC(C)(C)C)C(C)(C)C. The summed E-state index contributed by atoms with van der Waals surface area (Å²) in [5.74, 6) is 0.476. The molecule has 0 bridgehead atoms. The molecule has 0 heterocycles. The van der Waals surface area contributed by atoms with E-state index >= 15 is 0 Å². The highest BCUT2D eigenvalue weighted by Crippen LogP contribution is 2.33. The van der Waals surface area contributed by atoms with Crippen LogP contribution in [0.4, 0.5) is 0 Å². The van der Waals surface area contributed by atoms with Gasteiger partial charge in [-0.25, -0.2) is 0 Å². The molecule has 0 amide bonds. The standard InChI is InChI=1S/C14H26O/c1-8-9-11(14(5,6)7)12(15)10-13(2,3)4/h8,11H,1,9-10H2,2-7H3. The second kappa shape index (κ2) is 4.96. The molecule has 0 aromatic rings. The molecular weight excluding hydrogens is 184 g/mol. The lowest BCUT2D eigenvalue weighted by molar-refractivity contribution is -0.127. The first-order chi connectivity index (χ1) is 6.58. The Hall–Kier alpha value is -0.590. The number of Topliss-reactive ketones (excluding diaryl/α,β-unsaturated/α-hetero) is 1. The number of rotatable bonds is 4. The van der Waals surface area contributed by atoms with Gasteiger partial charge in [0, 0.05) is 12.3 Å². The molecule has 0 spiro atoms. The van der Waals surface area contributed by atoms with Gasteiger partial charge in [-0.2, -0.15) is 0 Å². The molecule has 0 rings (SSSR count). The fraction of sp³-hybridized carbons (Fsp3) is 0.786. The van der Waals surface area contributed by atoms with Crippen molar-refractivity contribution in [1.82, 2.24) is 0 Å². The topological polar surface area (TPSA) is 17.1 Å². The Labute approximate surface area is 95.0 Å². The van der Waals surface area contributed by atoms with Crippen LogP contribution < -0.4 is 0 Å². The molecule has 0 aliphatic rings. The quantitative estimate of drug-likeness (QED) is 0.635. The van der Waals surface area contributed by atoms with Crippen LogP contribution in [0.25, 0.3) is 0 Å². The average Bonchev–Trinajstić information content (AvgIpc) is 1.93. The van der Waals surface area contributed by atoms with E-state index in [1.165, 1.54) is 0 Å². The van der Waals surface area contributed by atoms with Crippen molar-refractivity contribution in [1.29, 1.82) is 0 Å². The molecule has 1 atom stereocenters. The molecule has 0 aliphatic heterocycles. The second-order valence-corrected chi connectivity index (χ2v) is 6.65. The van der Waals surface area contributed by atoms with Crippen molar-refractivity contribution in [2.24, 2.45) is 16.7 Å². The van der Waals surface area contributed by atoms with Crippen molar-refractivity contribution >= 4 is 5.78 Å². The molecule has 1 heteroatoms. The Morgan fingerprint density at radius 3 is 1.93 bits per heavy atom. The van der Waals surface area contributed by atoms with Crippen LogP contribution in [-0.2, 0) is 4.79 Å². The van der Waals surface area contributed by atoms with Crippen LogP contribution >= 0.6 is 0 Å². The zero-order chi connectivity index (χ0) is 12.3. The molecule has 0 radical (unpaired) electrons. The lowest BCUT2D eigenvalue weighted by Crippen LogP contribution is -2.30. The van der Waals surface area contributed by atoms with E-state index in [1.54, 1.807) is 0 Å². The summed E-state index contributed by atoms with van der Waals surface area (Å²) in [6.45, 7) is 16.4. The molecular formula is C14H26O. The zero-order valence-corrected chi connectivity index (χ0v) is 11.2. The number of hydrogen-bond acceptors (Lipinski definition) is 1. The molecule has 88 valence electrons. The van der Waals surface area contributed by atoms with Crippen molar-refractivity contribution in [3.63, 3.8) is 0 Å². The van der Waals surface area contributed by atoms with Gasteiger partial charge in [0.05, 0.1) is 0 Å². The van der Waals surface area contributed by atoms with Crippen LogP contribution in [0.5, 0.6) is 0 Å². The van der Waals surface area contributed by atoms with E-state index < -0.39 is 0 Å². The third-order valence-corrected chi connectivity index (χ3v) is 2.54. The van der Waals surface area contributed by atoms with Crippen LogP contribution in [-0.4, -0.2) is 5.78 Å². The predicted octanol–water partition coefficient (Wildman–Crippen LogP) is 4.23. The van der Waals surface area contributed by atoms with Gasteiger partial charge in [0.1, 0.15) is 5.78 Å². The number of carbonyl (C=O) groups excluding carboxylic acids is 1. The van der Waals surface area contributed by atoms with Crippen molar-refractivity contribution in [2.75, 3.05) is 0 Å². The van der Waals surface area contributed by atoms with Gasteiger partial charge in [-0.15, -0.1) is 6.58 Å². The Kier molecular flexibility index (Phi) is 4.76. The lowest BCUT2D eigenvalue weighted by Gasteiger charge is -2.31. The maximum absolute atomic E-state index is 12.1. The molecule has 0 N–H and O–H groups in total. The number of hydrogen-bond donors (Lipinski definition) is 0. The van der Waals surface area contributed by atoms with E-state index in [0.717, 1.165) is 6.42 Å². The summed E-state index contributed by atoms with van der Waals surface area (Å²) < 4.78 is 0. The monoisotopic (exact) mass is 210 g/mol. The van der Waals surface area contributed by atoms with Crippen LogP contribution in [0, 0.1) is 16.7 Å². The van der Waals surface area contributed by atoms with E-state index in [0.29, 0.717) is 12.2 Å². The highest BCUT2D eigenvalue weighted by atomic mass is 16.1. The van der Waals surface area contributed by atoms with Gasteiger partial charge in [0.25, 0.3) is 0 Å². The van der Waals surface area contributed by atoms with Gasteiger partial charge < -0.3 is 0 Å². The number of ketones is 1. The average molecular weight is 210 g/mol. The fourth-order valence-corrected chi connectivity index (χ4v) is 1.78. The zero-order valence-electron chi connectivity index (χ0n) is 11.2. The normalized spacial score (nSPS) is 14.8. The van der Waals surface area contributed by atoms with E-state index in [4.69, 9.17) is 0 Å². The van der Waals surface area contributed by atoms with E-state index in [2.05, 4.69) is 48.1 Å². The maximum atomic E-state index is 12.1. The molecule has 0 saturated carbocycles. The Balaban J connectivity index is 4.65. The second-order valence-electron chi connectivity index (χ2n) is 6.65. The minimum atomic E-state index is 0.0382. The summed E-state index contributed by atoms with van der Waals surface area (Å²) in [6, 6.07) is 0. The van der Waals surface area contributed by atoms with Crippen molar-refractivity contribution in [3.8, 4) is 0 Å².